The number of aromatic nitrogens is 1. The summed E-state index contributed by atoms with van der Waals surface area (Å²) >= 11 is 0. The van der Waals surface area contributed by atoms with Crippen molar-refractivity contribution < 1.29 is 9.15 Å². The van der Waals surface area contributed by atoms with Crippen molar-refractivity contribution in [2.24, 2.45) is 0 Å². The van der Waals surface area contributed by atoms with Gasteiger partial charge in [0.15, 0.2) is 0 Å². The topological polar surface area (TPSA) is 47.3 Å². The van der Waals surface area contributed by atoms with Crippen LogP contribution in [0.2, 0.25) is 0 Å². The molecule has 1 atom stereocenters. The molecule has 0 saturated heterocycles. The molecular weight excluding hydrogens is 240 g/mol. The van der Waals surface area contributed by atoms with Crippen LogP contribution in [0.5, 0.6) is 5.88 Å². The molecule has 4 nitrogen and oxygen atoms in total. The SMILES string of the molecule is CCCNC(Cc1ccc(OC)nc1)c1ccco1. The summed E-state index contributed by atoms with van der Waals surface area (Å²) in [5.74, 6) is 1.60. The van der Waals surface area contributed by atoms with E-state index in [2.05, 4.69) is 17.2 Å². The van der Waals surface area contributed by atoms with E-state index in [9.17, 15) is 0 Å². The molecule has 0 fully saturated rings. The Hall–Kier alpha value is -1.81. The van der Waals surface area contributed by atoms with Crippen LogP contribution in [0.25, 0.3) is 0 Å². The lowest BCUT2D eigenvalue weighted by Crippen LogP contribution is -2.23. The second kappa shape index (κ2) is 6.95. The number of hydrogen-bond donors (Lipinski definition) is 1. The lowest BCUT2D eigenvalue weighted by molar-refractivity contribution is 0.395. The molecule has 0 aliphatic carbocycles. The Bertz CT molecular complexity index is 465. The average Bonchev–Trinajstić information content (AvgIpc) is 2.98. The van der Waals surface area contributed by atoms with Gasteiger partial charge in [0.2, 0.25) is 5.88 Å². The van der Waals surface area contributed by atoms with Gasteiger partial charge in [-0.2, -0.15) is 0 Å². The molecule has 0 radical (unpaired) electrons. The van der Waals surface area contributed by atoms with E-state index in [0.29, 0.717) is 5.88 Å². The number of nitrogens with one attached hydrogen (secondary N) is 1. The first-order chi connectivity index (χ1) is 9.33. The van der Waals surface area contributed by atoms with Crippen LogP contribution in [0, 0.1) is 0 Å². The monoisotopic (exact) mass is 260 g/mol. The van der Waals surface area contributed by atoms with E-state index in [4.69, 9.17) is 9.15 Å². The minimum absolute atomic E-state index is 0.185. The number of nitrogens with zero attached hydrogens (tertiary/aromatic N) is 1. The molecule has 0 aromatic carbocycles. The average molecular weight is 260 g/mol. The van der Waals surface area contributed by atoms with Gasteiger partial charge in [0.25, 0.3) is 0 Å². The number of rotatable bonds is 7. The molecule has 1 N–H and O–H groups in total. The molecule has 0 amide bonds. The van der Waals surface area contributed by atoms with Crippen molar-refractivity contribution in [2.45, 2.75) is 25.8 Å². The molecule has 0 aliphatic heterocycles. The number of methoxy groups -OCH3 is 1. The number of hydrogen-bond acceptors (Lipinski definition) is 4. The Labute approximate surface area is 113 Å². The molecule has 0 aliphatic rings. The minimum atomic E-state index is 0.185. The summed E-state index contributed by atoms with van der Waals surface area (Å²) in [4.78, 5) is 4.23. The Balaban J connectivity index is 2.06. The Morgan fingerprint density at radius 1 is 1.37 bits per heavy atom. The van der Waals surface area contributed by atoms with Gasteiger partial charge in [-0.1, -0.05) is 13.0 Å². The summed E-state index contributed by atoms with van der Waals surface area (Å²) in [7, 11) is 1.62. The molecule has 2 aromatic heterocycles. The zero-order chi connectivity index (χ0) is 13.5. The van der Waals surface area contributed by atoms with Crippen LogP contribution in [0.1, 0.15) is 30.7 Å². The predicted octanol–water partition coefficient (Wildman–Crippen LogP) is 2.97. The van der Waals surface area contributed by atoms with Crippen LogP contribution in [-0.4, -0.2) is 18.6 Å². The maximum Gasteiger partial charge on any atom is 0.212 e. The largest absolute Gasteiger partial charge is 0.481 e. The highest BCUT2D eigenvalue weighted by molar-refractivity contribution is 5.20. The summed E-state index contributed by atoms with van der Waals surface area (Å²) < 4.78 is 10.6. The van der Waals surface area contributed by atoms with Gasteiger partial charge < -0.3 is 14.5 Å². The van der Waals surface area contributed by atoms with Crippen molar-refractivity contribution in [3.63, 3.8) is 0 Å². The number of furan rings is 1. The molecule has 2 aromatic rings. The minimum Gasteiger partial charge on any atom is -0.481 e. The fourth-order valence-corrected chi connectivity index (χ4v) is 1.97. The van der Waals surface area contributed by atoms with Crippen LogP contribution in [0.3, 0.4) is 0 Å². The molecule has 2 heterocycles. The van der Waals surface area contributed by atoms with Gasteiger partial charge in [-0.05, 0) is 37.1 Å². The second-order valence-electron chi connectivity index (χ2n) is 4.44. The van der Waals surface area contributed by atoms with E-state index in [1.54, 1.807) is 13.4 Å². The number of ether oxygens (including phenoxy) is 1. The normalized spacial score (nSPS) is 12.3. The second-order valence-corrected chi connectivity index (χ2v) is 4.44. The smallest absolute Gasteiger partial charge is 0.212 e. The summed E-state index contributed by atoms with van der Waals surface area (Å²) in [5.41, 5.74) is 1.16. The fourth-order valence-electron chi connectivity index (χ4n) is 1.97. The molecule has 102 valence electrons. The van der Waals surface area contributed by atoms with Crippen molar-refractivity contribution in [2.75, 3.05) is 13.7 Å². The van der Waals surface area contributed by atoms with Crippen LogP contribution in [0.4, 0.5) is 0 Å². The lowest BCUT2D eigenvalue weighted by Gasteiger charge is -2.16. The standard InChI is InChI=1S/C15H20N2O2/c1-3-8-16-13(14-5-4-9-19-14)10-12-6-7-15(18-2)17-11-12/h4-7,9,11,13,16H,3,8,10H2,1-2H3. The Kier molecular flexibility index (Phi) is 4.98. The third-order valence-corrected chi connectivity index (χ3v) is 2.97. The van der Waals surface area contributed by atoms with E-state index in [1.165, 1.54) is 0 Å². The third kappa shape index (κ3) is 3.83. The van der Waals surface area contributed by atoms with Crippen molar-refractivity contribution in [1.29, 1.82) is 0 Å². The van der Waals surface area contributed by atoms with Gasteiger partial charge in [-0.3, -0.25) is 0 Å². The van der Waals surface area contributed by atoms with Gasteiger partial charge >= 0.3 is 0 Å². The van der Waals surface area contributed by atoms with E-state index in [0.717, 1.165) is 30.7 Å². The number of pyridine rings is 1. The van der Waals surface area contributed by atoms with Gasteiger partial charge in [-0.15, -0.1) is 0 Å². The van der Waals surface area contributed by atoms with Crippen molar-refractivity contribution in [3.8, 4) is 5.88 Å². The Morgan fingerprint density at radius 3 is 2.84 bits per heavy atom. The van der Waals surface area contributed by atoms with Crippen LogP contribution >= 0.6 is 0 Å². The maximum atomic E-state index is 5.50. The van der Waals surface area contributed by atoms with Crippen LogP contribution in [-0.2, 0) is 6.42 Å². The van der Waals surface area contributed by atoms with E-state index in [1.807, 2.05) is 30.5 Å². The molecule has 19 heavy (non-hydrogen) atoms. The third-order valence-electron chi connectivity index (χ3n) is 2.97. The highest BCUT2D eigenvalue weighted by Crippen LogP contribution is 2.19. The summed E-state index contributed by atoms with van der Waals surface area (Å²) in [6.07, 6.45) is 5.51. The maximum absolute atomic E-state index is 5.50. The molecule has 0 saturated carbocycles. The molecular formula is C15H20N2O2. The summed E-state index contributed by atoms with van der Waals surface area (Å²) in [6, 6.07) is 8.03. The van der Waals surface area contributed by atoms with Gasteiger partial charge in [0, 0.05) is 12.3 Å². The predicted molar refractivity (Wildman–Crippen MR) is 74.2 cm³/mol. The molecule has 4 heteroatoms. The van der Waals surface area contributed by atoms with Gasteiger partial charge in [0.05, 0.1) is 19.4 Å². The fraction of sp³-hybridized carbons (Fsp3) is 0.400. The highest BCUT2D eigenvalue weighted by atomic mass is 16.5. The van der Waals surface area contributed by atoms with Gasteiger partial charge in [-0.25, -0.2) is 4.98 Å². The van der Waals surface area contributed by atoms with Gasteiger partial charge in [0.1, 0.15) is 5.76 Å². The van der Waals surface area contributed by atoms with Crippen LogP contribution in [0.15, 0.2) is 41.1 Å². The zero-order valence-corrected chi connectivity index (χ0v) is 11.4. The molecule has 0 spiro atoms. The molecule has 1 unspecified atom stereocenters. The van der Waals surface area contributed by atoms with E-state index >= 15 is 0 Å². The van der Waals surface area contributed by atoms with Crippen molar-refractivity contribution in [3.05, 3.63) is 48.0 Å². The quantitative estimate of drug-likeness (QED) is 0.831. The highest BCUT2D eigenvalue weighted by Gasteiger charge is 2.14. The Morgan fingerprint density at radius 2 is 2.26 bits per heavy atom. The summed E-state index contributed by atoms with van der Waals surface area (Å²) in [5, 5.41) is 3.50. The van der Waals surface area contributed by atoms with Crippen molar-refractivity contribution in [1.82, 2.24) is 10.3 Å². The first-order valence-corrected chi connectivity index (χ1v) is 6.59. The zero-order valence-electron chi connectivity index (χ0n) is 11.4. The molecule has 0 bridgehead atoms. The van der Waals surface area contributed by atoms with E-state index < -0.39 is 0 Å². The van der Waals surface area contributed by atoms with Crippen LogP contribution < -0.4 is 10.1 Å². The summed E-state index contributed by atoms with van der Waals surface area (Å²) in [6.45, 7) is 3.12. The van der Waals surface area contributed by atoms with E-state index in [-0.39, 0.29) is 6.04 Å². The first-order valence-electron chi connectivity index (χ1n) is 6.59. The van der Waals surface area contributed by atoms with Crippen molar-refractivity contribution >= 4 is 0 Å². The lowest BCUT2D eigenvalue weighted by atomic mass is 10.1. The molecule has 2 rings (SSSR count). The first kappa shape index (κ1) is 13.6.